The topological polar surface area (TPSA) is 123 Å². The Morgan fingerprint density at radius 3 is 2.59 bits per heavy atom. The summed E-state index contributed by atoms with van der Waals surface area (Å²) in [5.74, 6) is -0.619. The maximum absolute atomic E-state index is 15.6. The third-order valence-electron chi connectivity index (χ3n) is 8.11. The number of fused-ring (bicyclic) bond motifs is 1. The van der Waals surface area contributed by atoms with Gasteiger partial charge in [0, 0.05) is 31.4 Å². The van der Waals surface area contributed by atoms with Gasteiger partial charge in [-0.25, -0.2) is 23.5 Å². The molecule has 2 unspecified atom stereocenters. The Balaban J connectivity index is 1.85. The summed E-state index contributed by atoms with van der Waals surface area (Å²) in [4.78, 5) is 56.6. The molecule has 240 valence electrons. The van der Waals surface area contributed by atoms with Crippen LogP contribution in [0.1, 0.15) is 44.9 Å². The van der Waals surface area contributed by atoms with E-state index in [-0.39, 0.29) is 51.5 Å². The van der Waals surface area contributed by atoms with E-state index in [1.807, 2.05) is 39.5 Å². The van der Waals surface area contributed by atoms with Crippen LogP contribution in [0.5, 0.6) is 0 Å². The fourth-order valence-corrected chi connectivity index (χ4v) is 6.11. The van der Waals surface area contributed by atoms with E-state index in [0.29, 0.717) is 35.7 Å². The smallest absolute Gasteiger partial charge is 0.411 e. The summed E-state index contributed by atoms with van der Waals surface area (Å²) in [5.41, 5.74) is 1.46. The van der Waals surface area contributed by atoms with Crippen LogP contribution in [0.3, 0.4) is 0 Å². The predicted octanol–water partition coefficient (Wildman–Crippen LogP) is 5.86. The van der Waals surface area contributed by atoms with E-state index in [2.05, 4.69) is 21.9 Å². The molecule has 0 aliphatic carbocycles. The van der Waals surface area contributed by atoms with Crippen LogP contribution in [0.2, 0.25) is 5.02 Å². The fourth-order valence-electron chi connectivity index (χ4n) is 5.86. The molecule has 1 aliphatic heterocycles. The van der Waals surface area contributed by atoms with Gasteiger partial charge in [0.15, 0.2) is 5.65 Å². The van der Waals surface area contributed by atoms with Crippen molar-refractivity contribution in [2.24, 2.45) is 0 Å². The minimum atomic E-state index is -0.808. The van der Waals surface area contributed by atoms with Crippen molar-refractivity contribution in [2.45, 2.75) is 52.6 Å². The number of nitrogens with one attached hydrogen (secondary N) is 1. The number of piperazine rings is 1. The molecule has 0 saturated carbocycles. The van der Waals surface area contributed by atoms with Crippen LogP contribution in [0.25, 0.3) is 28.0 Å². The Hall–Kier alpha value is -4.84. The van der Waals surface area contributed by atoms with Crippen molar-refractivity contribution in [3.05, 3.63) is 81.8 Å². The molecule has 1 saturated heterocycles. The molecule has 5 rings (SSSR count). The molecule has 1 aromatic carbocycles. The molecule has 1 N–H and O–H groups in total. The minimum Gasteiger partial charge on any atom is -0.453 e. The standard InChI is InChI=1S/C33H35ClFN7O4/c1-8-25(43)40-15-20(6)41(16-19(40)5)30-21-14-22(34)28(26-23(35)10-9-11-24(26)37-33(45)46-7)38-31(21)42(32(44)39-30)29-18(4)12-13-36-27(29)17(2)3/h8-14,17,19-20H,1,15-16H2,2-7H3,(H,37,45). The fraction of sp³-hybridized carbons (Fsp3) is 0.333. The van der Waals surface area contributed by atoms with Crippen LogP contribution in [-0.2, 0) is 9.53 Å². The van der Waals surface area contributed by atoms with Crippen molar-refractivity contribution in [2.75, 3.05) is 30.4 Å². The lowest BCUT2D eigenvalue weighted by atomic mass is 10.0. The van der Waals surface area contributed by atoms with Gasteiger partial charge < -0.3 is 14.5 Å². The molecular formula is C33H35ClFN7O4. The number of carbonyl (C=O) groups is 2. The highest BCUT2D eigenvalue weighted by Crippen LogP contribution is 2.39. The first-order chi connectivity index (χ1) is 21.9. The number of carbonyl (C=O) groups excluding carboxylic acids is 2. The summed E-state index contributed by atoms with van der Waals surface area (Å²) >= 11 is 6.88. The van der Waals surface area contributed by atoms with Crippen molar-refractivity contribution in [3.8, 4) is 16.9 Å². The third kappa shape index (κ3) is 5.80. The number of aryl methyl sites for hydroxylation is 1. The van der Waals surface area contributed by atoms with E-state index in [0.717, 1.165) is 5.56 Å². The number of ether oxygens (including phenoxy) is 1. The van der Waals surface area contributed by atoms with Gasteiger partial charge in [-0.15, -0.1) is 0 Å². The maximum atomic E-state index is 15.6. The highest BCUT2D eigenvalue weighted by molar-refractivity contribution is 6.34. The Labute approximate surface area is 270 Å². The summed E-state index contributed by atoms with van der Waals surface area (Å²) < 4.78 is 21.7. The summed E-state index contributed by atoms with van der Waals surface area (Å²) in [6, 6.07) is 7.09. The number of aromatic nitrogens is 4. The number of hydrogen-bond acceptors (Lipinski definition) is 8. The van der Waals surface area contributed by atoms with Gasteiger partial charge in [0.05, 0.1) is 45.8 Å². The Morgan fingerprint density at radius 2 is 1.91 bits per heavy atom. The molecule has 2 amide bonds. The summed E-state index contributed by atoms with van der Waals surface area (Å²) in [7, 11) is 1.19. The SMILES string of the molecule is C=CC(=O)N1CC(C)N(c2nc(=O)n(-c3c(C)ccnc3C(C)C)c3nc(-c4c(F)cccc4NC(=O)OC)c(Cl)cc23)CC1C. The lowest BCUT2D eigenvalue weighted by molar-refractivity contribution is -0.128. The normalized spacial score (nSPS) is 16.5. The van der Waals surface area contributed by atoms with Gasteiger partial charge in [-0.2, -0.15) is 4.98 Å². The van der Waals surface area contributed by atoms with Gasteiger partial charge in [-0.1, -0.05) is 38.1 Å². The molecule has 13 heteroatoms. The number of amides is 2. The van der Waals surface area contributed by atoms with Gasteiger partial charge in [-0.3, -0.25) is 15.1 Å². The quantitative estimate of drug-likeness (QED) is 0.258. The number of halogens is 2. The zero-order valence-electron chi connectivity index (χ0n) is 26.5. The van der Waals surface area contributed by atoms with E-state index >= 15 is 4.39 Å². The largest absolute Gasteiger partial charge is 0.453 e. The van der Waals surface area contributed by atoms with Crippen LogP contribution >= 0.6 is 11.6 Å². The van der Waals surface area contributed by atoms with Gasteiger partial charge in [0.2, 0.25) is 5.91 Å². The second-order valence-corrected chi connectivity index (χ2v) is 12.0. The van der Waals surface area contributed by atoms with E-state index in [1.165, 1.54) is 36.0 Å². The second-order valence-electron chi connectivity index (χ2n) is 11.6. The first-order valence-corrected chi connectivity index (χ1v) is 15.2. The van der Waals surface area contributed by atoms with Gasteiger partial charge in [-0.05, 0) is 62.6 Å². The number of nitrogens with zero attached hydrogens (tertiary/aromatic N) is 6. The second kappa shape index (κ2) is 12.9. The number of rotatable bonds is 6. The van der Waals surface area contributed by atoms with Gasteiger partial charge in [0.25, 0.3) is 0 Å². The van der Waals surface area contributed by atoms with Crippen molar-refractivity contribution in [1.29, 1.82) is 0 Å². The first kappa shape index (κ1) is 32.6. The zero-order valence-corrected chi connectivity index (χ0v) is 27.2. The average Bonchev–Trinajstić information content (AvgIpc) is 3.01. The number of benzene rings is 1. The van der Waals surface area contributed by atoms with E-state index < -0.39 is 17.6 Å². The van der Waals surface area contributed by atoms with E-state index in [9.17, 15) is 14.4 Å². The molecule has 0 radical (unpaired) electrons. The maximum Gasteiger partial charge on any atom is 0.411 e. The van der Waals surface area contributed by atoms with Crippen LogP contribution in [0.15, 0.2) is 54.0 Å². The van der Waals surface area contributed by atoms with E-state index in [1.54, 1.807) is 23.2 Å². The molecule has 3 aromatic heterocycles. The van der Waals surface area contributed by atoms with Crippen LogP contribution < -0.4 is 15.9 Å². The molecule has 0 spiro atoms. The zero-order chi connectivity index (χ0) is 33.4. The van der Waals surface area contributed by atoms with Crippen LogP contribution in [-0.4, -0.2) is 68.7 Å². The lowest BCUT2D eigenvalue weighted by Crippen LogP contribution is -2.58. The monoisotopic (exact) mass is 647 g/mol. The summed E-state index contributed by atoms with van der Waals surface area (Å²) in [6.07, 6.45) is 2.15. The molecule has 4 heterocycles. The molecule has 2 atom stereocenters. The Morgan fingerprint density at radius 1 is 1.17 bits per heavy atom. The number of hydrogen-bond donors (Lipinski definition) is 1. The first-order valence-electron chi connectivity index (χ1n) is 14.8. The Bertz CT molecular complexity index is 1930. The van der Waals surface area contributed by atoms with Gasteiger partial charge in [0.1, 0.15) is 11.6 Å². The number of methoxy groups -OCH3 is 1. The van der Waals surface area contributed by atoms with Crippen molar-refractivity contribution >= 4 is 46.1 Å². The minimum absolute atomic E-state index is 0.000532. The average molecular weight is 648 g/mol. The molecule has 0 bridgehead atoms. The van der Waals surface area contributed by atoms with Gasteiger partial charge >= 0.3 is 11.8 Å². The van der Waals surface area contributed by atoms with Crippen molar-refractivity contribution in [3.63, 3.8) is 0 Å². The summed E-state index contributed by atoms with van der Waals surface area (Å²) in [5, 5.41) is 3.02. The predicted molar refractivity (Wildman–Crippen MR) is 176 cm³/mol. The van der Waals surface area contributed by atoms with Crippen molar-refractivity contribution < 1.29 is 18.7 Å². The van der Waals surface area contributed by atoms with Crippen LogP contribution in [0, 0.1) is 12.7 Å². The van der Waals surface area contributed by atoms with Crippen LogP contribution in [0.4, 0.5) is 20.7 Å². The molecule has 1 fully saturated rings. The van der Waals surface area contributed by atoms with E-state index in [4.69, 9.17) is 21.3 Å². The number of pyridine rings is 2. The number of anilines is 2. The third-order valence-corrected chi connectivity index (χ3v) is 8.40. The highest BCUT2D eigenvalue weighted by atomic mass is 35.5. The summed E-state index contributed by atoms with van der Waals surface area (Å²) in [6.45, 7) is 14.0. The molecule has 1 aliphatic rings. The highest BCUT2D eigenvalue weighted by Gasteiger charge is 2.34. The molecular weight excluding hydrogens is 613 g/mol. The Kier molecular flexibility index (Phi) is 9.11. The lowest BCUT2D eigenvalue weighted by Gasteiger charge is -2.44. The molecule has 46 heavy (non-hydrogen) atoms. The molecule has 11 nitrogen and oxygen atoms in total. The van der Waals surface area contributed by atoms with Crippen molar-refractivity contribution in [1.82, 2.24) is 24.4 Å². The molecule has 4 aromatic rings.